The van der Waals surface area contributed by atoms with Gasteiger partial charge in [-0.05, 0) is 56.5 Å². The molecule has 3 saturated heterocycles. The van der Waals surface area contributed by atoms with E-state index in [1.165, 1.54) is 18.4 Å². The van der Waals surface area contributed by atoms with E-state index in [-0.39, 0.29) is 17.9 Å². The number of benzene rings is 1. The van der Waals surface area contributed by atoms with Crippen molar-refractivity contribution in [2.45, 2.75) is 38.3 Å². The molecule has 0 aliphatic carbocycles. The Labute approximate surface area is 161 Å². The molecule has 1 aromatic rings. The third kappa shape index (κ3) is 4.33. The summed E-state index contributed by atoms with van der Waals surface area (Å²) in [6.45, 7) is 6.69. The summed E-state index contributed by atoms with van der Waals surface area (Å²) in [5, 5.41) is 3.12. The first kappa shape index (κ1) is 18.4. The maximum atomic E-state index is 13.1. The number of carbonyl (C=O) groups is 2. The molecule has 0 saturated carbocycles. The lowest BCUT2D eigenvalue weighted by atomic mass is 10.0. The smallest absolute Gasteiger partial charge is 0.253 e. The lowest BCUT2D eigenvalue weighted by Gasteiger charge is -2.41. The Morgan fingerprint density at radius 2 is 1.96 bits per heavy atom. The maximum Gasteiger partial charge on any atom is 0.253 e. The number of carbonyl (C=O) groups excluding carboxylic acids is 2. The monoisotopic (exact) mass is 370 g/mol. The third-order valence-corrected chi connectivity index (χ3v) is 6.03. The van der Waals surface area contributed by atoms with Gasteiger partial charge in [-0.1, -0.05) is 12.1 Å². The first-order valence-electron chi connectivity index (χ1n) is 10.3. The quantitative estimate of drug-likeness (QED) is 0.869. The van der Waals surface area contributed by atoms with Crippen LogP contribution in [-0.4, -0.2) is 78.4 Å². The summed E-state index contributed by atoms with van der Waals surface area (Å²) in [5.41, 5.74) is 1.99. The summed E-state index contributed by atoms with van der Waals surface area (Å²) in [5.74, 6) is 0.263. The summed E-state index contributed by atoms with van der Waals surface area (Å²) in [4.78, 5) is 31.7. The Hall–Kier alpha value is -1.92. The zero-order valence-electron chi connectivity index (χ0n) is 16.0. The molecular weight excluding hydrogens is 340 g/mol. The highest BCUT2D eigenvalue weighted by molar-refractivity contribution is 5.94. The minimum atomic E-state index is 0.102. The first-order valence-corrected chi connectivity index (χ1v) is 10.3. The highest BCUT2D eigenvalue weighted by atomic mass is 16.2. The van der Waals surface area contributed by atoms with Crippen molar-refractivity contribution in [3.8, 4) is 0 Å². The zero-order valence-corrected chi connectivity index (χ0v) is 16.0. The van der Waals surface area contributed by atoms with Crippen molar-refractivity contribution in [1.29, 1.82) is 0 Å². The van der Waals surface area contributed by atoms with E-state index in [1.807, 2.05) is 21.9 Å². The van der Waals surface area contributed by atoms with Crippen LogP contribution in [0.25, 0.3) is 0 Å². The summed E-state index contributed by atoms with van der Waals surface area (Å²) < 4.78 is 0. The number of piperazine rings is 1. The lowest BCUT2D eigenvalue weighted by molar-refractivity contribution is -0.135. The van der Waals surface area contributed by atoms with Crippen molar-refractivity contribution < 1.29 is 9.59 Å². The summed E-state index contributed by atoms with van der Waals surface area (Å²) in [6.07, 6.45) is 4.50. The van der Waals surface area contributed by atoms with Crippen molar-refractivity contribution in [2.75, 3.05) is 45.8 Å². The average Bonchev–Trinajstić information content (AvgIpc) is 3.21. The SMILES string of the molecule is O=C(c1cccc(CN2CCCC2)c1)N1CCCC(N2CCNCC2=O)C1. The van der Waals surface area contributed by atoms with Gasteiger partial charge in [-0.15, -0.1) is 0 Å². The number of amides is 2. The molecule has 1 N–H and O–H groups in total. The molecule has 2 amide bonds. The second kappa shape index (κ2) is 8.40. The van der Waals surface area contributed by atoms with Gasteiger partial charge in [0.2, 0.25) is 5.91 Å². The molecule has 6 heteroatoms. The van der Waals surface area contributed by atoms with E-state index in [0.717, 1.165) is 57.7 Å². The van der Waals surface area contributed by atoms with Crippen LogP contribution < -0.4 is 5.32 Å². The summed E-state index contributed by atoms with van der Waals surface area (Å²) in [6, 6.07) is 8.26. The number of piperidine rings is 1. The van der Waals surface area contributed by atoms with Gasteiger partial charge in [-0.2, -0.15) is 0 Å². The molecule has 146 valence electrons. The lowest BCUT2D eigenvalue weighted by Crippen LogP contribution is -2.57. The van der Waals surface area contributed by atoms with Crippen LogP contribution in [-0.2, 0) is 11.3 Å². The Balaban J connectivity index is 1.41. The first-order chi connectivity index (χ1) is 13.2. The molecular formula is C21H30N4O2. The molecule has 0 bridgehead atoms. The van der Waals surface area contributed by atoms with Crippen LogP contribution >= 0.6 is 0 Å². The molecule has 0 spiro atoms. The number of likely N-dealkylation sites (tertiary alicyclic amines) is 2. The average molecular weight is 370 g/mol. The topological polar surface area (TPSA) is 55.9 Å². The fraction of sp³-hybridized carbons (Fsp3) is 0.619. The molecule has 3 aliphatic rings. The normalized spacial score (nSPS) is 24.4. The van der Waals surface area contributed by atoms with Crippen molar-refractivity contribution in [3.63, 3.8) is 0 Å². The minimum absolute atomic E-state index is 0.102. The van der Waals surface area contributed by atoms with Gasteiger partial charge in [0.25, 0.3) is 5.91 Å². The van der Waals surface area contributed by atoms with Crippen LogP contribution in [0.2, 0.25) is 0 Å². The fourth-order valence-corrected chi connectivity index (χ4v) is 4.59. The van der Waals surface area contributed by atoms with Gasteiger partial charge < -0.3 is 15.1 Å². The fourth-order valence-electron chi connectivity index (χ4n) is 4.59. The predicted octanol–water partition coefficient (Wildman–Crippen LogP) is 1.32. The van der Waals surface area contributed by atoms with Crippen LogP contribution in [0, 0.1) is 0 Å². The number of nitrogens with zero attached hydrogens (tertiary/aromatic N) is 3. The van der Waals surface area contributed by atoms with Crippen LogP contribution in [0.5, 0.6) is 0 Å². The molecule has 0 radical (unpaired) electrons. The van der Waals surface area contributed by atoms with Crippen molar-refractivity contribution >= 4 is 11.8 Å². The van der Waals surface area contributed by atoms with Gasteiger partial charge in [0.05, 0.1) is 6.54 Å². The highest BCUT2D eigenvalue weighted by Gasteiger charge is 2.32. The van der Waals surface area contributed by atoms with E-state index in [9.17, 15) is 9.59 Å². The largest absolute Gasteiger partial charge is 0.337 e. The molecule has 1 aromatic carbocycles. The Kier molecular flexibility index (Phi) is 5.74. The van der Waals surface area contributed by atoms with Crippen LogP contribution in [0.15, 0.2) is 24.3 Å². The predicted molar refractivity (Wildman–Crippen MR) is 104 cm³/mol. The molecule has 3 aliphatic heterocycles. The minimum Gasteiger partial charge on any atom is -0.337 e. The van der Waals surface area contributed by atoms with E-state index in [0.29, 0.717) is 13.1 Å². The Morgan fingerprint density at radius 3 is 2.78 bits per heavy atom. The molecule has 0 aromatic heterocycles. The Morgan fingerprint density at radius 1 is 1.11 bits per heavy atom. The standard InChI is InChI=1S/C21H30N4O2/c26-20-14-22-8-12-25(20)19-7-4-11-24(16-19)21(27)18-6-3-5-17(13-18)15-23-9-1-2-10-23/h3,5-6,13,19,22H,1-2,4,7-12,14-16H2. The van der Waals surface area contributed by atoms with E-state index < -0.39 is 0 Å². The van der Waals surface area contributed by atoms with Gasteiger partial charge in [-0.3, -0.25) is 14.5 Å². The third-order valence-electron chi connectivity index (χ3n) is 6.03. The molecule has 1 atom stereocenters. The van der Waals surface area contributed by atoms with E-state index in [4.69, 9.17) is 0 Å². The van der Waals surface area contributed by atoms with Crippen molar-refractivity contribution in [2.24, 2.45) is 0 Å². The van der Waals surface area contributed by atoms with Gasteiger partial charge in [-0.25, -0.2) is 0 Å². The molecule has 3 heterocycles. The molecule has 3 fully saturated rings. The highest BCUT2D eigenvalue weighted by Crippen LogP contribution is 2.20. The molecule has 27 heavy (non-hydrogen) atoms. The molecule has 1 unspecified atom stereocenters. The summed E-state index contributed by atoms with van der Waals surface area (Å²) >= 11 is 0. The van der Waals surface area contributed by atoms with Gasteiger partial charge >= 0.3 is 0 Å². The van der Waals surface area contributed by atoms with Gasteiger partial charge in [0.15, 0.2) is 0 Å². The zero-order chi connectivity index (χ0) is 18.6. The van der Waals surface area contributed by atoms with E-state index in [2.05, 4.69) is 22.3 Å². The van der Waals surface area contributed by atoms with E-state index >= 15 is 0 Å². The second-order valence-corrected chi connectivity index (χ2v) is 7.99. The second-order valence-electron chi connectivity index (χ2n) is 7.99. The number of nitrogens with one attached hydrogen (secondary N) is 1. The van der Waals surface area contributed by atoms with Crippen molar-refractivity contribution in [3.05, 3.63) is 35.4 Å². The Bertz CT molecular complexity index is 687. The summed E-state index contributed by atoms with van der Waals surface area (Å²) in [7, 11) is 0. The van der Waals surface area contributed by atoms with Gasteiger partial charge in [0, 0.05) is 44.3 Å². The molecule has 4 rings (SSSR count). The maximum absolute atomic E-state index is 13.1. The van der Waals surface area contributed by atoms with Crippen LogP contribution in [0.3, 0.4) is 0 Å². The van der Waals surface area contributed by atoms with Crippen LogP contribution in [0.4, 0.5) is 0 Å². The number of rotatable bonds is 4. The van der Waals surface area contributed by atoms with Crippen LogP contribution in [0.1, 0.15) is 41.6 Å². The van der Waals surface area contributed by atoms with Crippen molar-refractivity contribution in [1.82, 2.24) is 20.0 Å². The number of hydrogen-bond donors (Lipinski definition) is 1. The number of hydrogen-bond acceptors (Lipinski definition) is 4. The molecule has 6 nitrogen and oxygen atoms in total. The van der Waals surface area contributed by atoms with Gasteiger partial charge in [0.1, 0.15) is 0 Å². The van der Waals surface area contributed by atoms with E-state index in [1.54, 1.807) is 0 Å².